The molecule has 0 aliphatic carbocycles. The van der Waals surface area contributed by atoms with E-state index in [9.17, 15) is 5.11 Å². The van der Waals surface area contributed by atoms with Crippen molar-refractivity contribution in [2.24, 2.45) is 10.1 Å². The Labute approximate surface area is 204 Å². The maximum Gasteiger partial charge on any atom is 0.206 e. The van der Waals surface area contributed by atoms with Crippen molar-refractivity contribution >= 4 is 33.5 Å². The lowest BCUT2D eigenvalue weighted by Gasteiger charge is -2.11. The van der Waals surface area contributed by atoms with Crippen molar-refractivity contribution in [3.63, 3.8) is 0 Å². The molecule has 6 nitrogen and oxygen atoms in total. The third-order valence-electron chi connectivity index (χ3n) is 4.91. The molecule has 0 atom stereocenters. The highest BCUT2D eigenvalue weighted by Crippen LogP contribution is 2.34. The van der Waals surface area contributed by atoms with Crippen LogP contribution in [0, 0.1) is 0 Å². The molecule has 1 heterocycles. The number of ether oxygens (including phenoxy) is 2. The lowest BCUT2D eigenvalue weighted by atomic mass is 10.1. The Balaban J connectivity index is 1.85. The van der Waals surface area contributed by atoms with Gasteiger partial charge in [0.2, 0.25) is 4.80 Å². The van der Waals surface area contributed by atoms with Gasteiger partial charge in [-0.3, -0.25) is 4.99 Å². The number of phenolic OH excluding ortho intramolecular Hbond substituents is 1. The minimum atomic E-state index is 0.140. The van der Waals surface area contributed by atoms with Gasteiger partial charge in [-0.2, -0.15) is 5.10 Å². The van der Waals surface area contributed by atoms with Crippen LogP contribution >= 0.6 is 27.3 Å². The molecule has 3 aromatic carbocycles. The molecule has 4 rings (SSSR count). The van der Waals surface area contributed by atoms with Gasteiger partial charge < -0.3 is 14.6 Å². The summed E-state index contributed by atoms with van der Waals surface area (Å²) < 4.78 is 13.6. The van der Waals surface area contributed by atoms with Gasteiger partial charge in [0.25, 0.3) is 0 Å². The van der Waals surface area contributed by atoms with Gasteiger partial charge in [-0.15, -0.1) is 11.3 Å². The molecule has 33 heavy (non-hydrogen) atoms. The average molecular weight is 524 g/mol. The Bertz CT molecular complexity index is 1350. The third-order valence-corrected chi connectivity index (χ3v) is 6.26. The Kier molecular flexibility index (Phi) is 7.26. The Hall–Kier alpha value is -3.36. The highest BCUT2D eigenvalue weighted by Gasteiger charge is 2.14. The van der Waals surface area contributed by atoms with E-state index in [-0.39, 0.29) is 5.75 Å². The monoisotopic (exact) mass is 523 g/mol. The highest BCUT2D eigenvalue weighted by molar-refractivity contribution is 9.10. The number of phenols is 1. The van der Waals surface area contributed by atoms with Gasteiger partial charge in [0.1, 0.15) is 17.2 Å². The van der Waals surface area contributed by atoms with E-state index in [0.717, 1.165) is 21.3 Å². The zero-order valence-electron chi connectivity index (χ0n) is 18.1. The molecule has 0 unspecified atom stereocenters. The molecule has 4 aromatic rings. The molecule has 0 fully saturated rings. The molecule has 0 saturated carbocycles. The normalized spacial score (nSPS) is 11.8. The maximum atomic E-state index is 10.2. The molecular formula is C25H22BrN3O3S. The molecule has 0 radical (unpaired) electrons. The van der Waals surface area contributed by atoms with E-state index in [1.807, 2.05) is 53.9 Å². The van der Waals surface area contributed by atoms with Crippen molar-refractivity contribution in [3.05, 3.63) is 92.5 Å². The molecule has 1 aromatic heterocycles. The van der Waals surface area contributed by atoms with Crippen LogP contribution in [-0.2, 0) is 6.54 Å². The number of rotatable bonds is 7. The van der Waals surface area contributed by atoms with Crippen LogP contribution in [0.15, 0.2) is 86.7 Å². The van der Waals surface area contributed by atoms with Gasteiger partial charge in [-0.1, -0.05) is 46.3 Å². The largest absolute Gasteiger partial charge is 0.507 e. The van der Waals surface area contributed by atoms with Crippen molar-refractivity contribution < 1.29 is 14.6 Å². The van der Waals surface area contributed by atoms with E-state index in [2.05, 4.69) is 21.0 Å². The van der Waals surface area contributed by atoms with E-state index in [1.165, 1.54) is 11.3 Å². The molecule has 168 valence electrons. The predicted octanol–water partition coefficient (Wildman–Crippen LogP) is 5.69. The molecular weight excluding hydrogens is 502 g/mol. The van der Waals surface area contributed by atoms with Crippen molar-refractivity contribution in [2.75, 3.05) is 14.2 Å². The first-order valence-electron chi connectivity index (χ1n) is 10.1. The van der Waals surface area contributed by atoms with Crippen LogP contribution in [-0.4, -0.2) is 30.2 Å². The topological polar surface area (TPSA) is 68.3 Å². The molecule has 0 aliphatic heterocycles. The summed E-state index contributed by atoms with van der Waals surface area (Å²) in [6.07, 6.45) is 1.62. The number of hydrogen-bond acceptors (Lipinski definition) is 6. The highest BCUT2D eigenvalue weighted by atomic mass is 79.9. The van der Waals surface area contributed by atoms with Crippen molar-refractivity contribution in [2.45, 2.75) is 6.54 Å². The van der Waals surface area contributed by atoms with E-state index in [1.54, 1.807) is 43.3 Å². The van der Waals surface area contributed by atoms with Gasteiger partial charge >= 0.3 is 0 Å². The smallest absolute Gasteiger partial charge is 0.206 e. The summed E-state index contributed by atoms with van der Waals surface area (Å²) in [6, 6.07) is 20.9. The molecule has 0 spiro atoms. The van der Waals surface area contributed by atoms with Crippen LogP contribution < -0.4 is 14.3 Å². The van der Waals surface area contributed by atoms with E-state index in [0.29, 0.717) is 28.4 Å². The Morgan fingerprint density at radius 2 is 1.85 bits per heavy atom. The number of halogens is 1. The lowest BCUT2D eigenvalue weighted by molar-refractivity contribution is 0.404. The zero-order valence-corrected chi connectivity index (χ0v) is 20.5. The summed E-state index contributed by atoms with van der Waals surface area (Å²) in [4.78, 5) is 5.51. The third kappa shape index (κ3) is 5.35. The number of hydrogen-bond donors (Lipinski definition) is 1. The summed E-state index contributed by atoms with van der Waals surface area (Å²) in [5.74, 6) is 1.54. The molecule has 1 N–H and O–H groups in total. The van der Waals surface area contributed by atoms with Crippen LogP contribution in [0.5, 0.6) is 17.2 Å². The van der Waals surface area contributed by atoms with E-state index < -0.39 is 0 Å². The quantitative estimate of drug-likeness (QED) is 0.316. The minimum absolute atomic E-state index is 0.140. The predicted molar refractivity (Wildman–Crippen MR) is 135 cm³/mol. The van der Waals surface area contributed by atoms with Crippen LogP contribution in [0.1, 0.15) is 11.1 Å². The van der Waals surface area contributed by atoms with Gasteiger partial charge in [-0.05, 0) is 42.0 Å². The number of benzene rings is 3. The van der Waals surface area contributed by atoms with Crippen LogP contribution in [0.3, 0.4) is 0 Å². The first-order chi connectivity index (χ1) is 16.1. The lowest BCUT2D eigenvalue weighted by Crippen LogP contribution is -2.12. The summed E-state index contributed by atoms with van der Waals surface area (Å²) >= 11 is 4.92. The second-order valence-corrected chi connectivity index (χ2v) is 8.78. The molecule has 0 aliphatic rings. The summed E-state index contributed by atoms with van der Waals surface area (Å²) in [5, 5.41) is 16.9. The first-order valence-corrected chi connectivity index (χ1v) is 11.8. The number of aromatic nitrogens is 1. The van der Waals surface area contributed by atoms with Crippen molar-refractivity contribution in [1.29, 1.82) is 0 Å². The van der Waals surface area contributed by atoms with Crippen molar-refractivity contribution in [1.82, 2.24) is 4.68 Å². The summed E-state index contributed by atoms with van der Waals surface area (Å²) in [7, 11) is 3.26. The second kappa shape index (κ2) is 10.5. The van der Waals surface area contributed by atoms with E-state index in [4.69, 9.17) is 14.5 Å². The minimum Gasteiger partial charge on any atom is -0.507 e. The number of methoxy groups -OCH3 is 2. The molecule has 0 saturated heterocycles. The van der Waals surface area contributed by atoms with Crippen LogP contribution in [0.2, 0.25) is 0 Å². The first kappa shape index (κ1) is 22.8. The Morgan fingerprint density at radius 1 is 1.03 bits per heavy atom. The van der Waals surface area contributed by atoms with Gasteiger partial charge in [-0.25, -0.2) is 4.68 Å². The number of nitrogens with zero attached hydrogens (tertiary/aromatic N) is 3. The fourth-order valence-electron chi connectivity index (χ4n) is 3.21. The van der Waals surface area contributed by atoms with E-state index >= 15 is 0 Å². The number of aromatic hydroxyl groups is 1. The molecule has 0 amide bonds. The van der Waals surface area contributed by atoms with Gasteiger partial charge in [0.05, 0.1) is 32.7 Å². The zero-order chi connectivity index (χ0) is 23.2. The Morgan fingerprint density at radius 3 is 2.61 bits per heavy atom. The number of thiazole rings is 1. The van der Waals surface area contributed by atoms with Crippen LogP contribution in [0.4, 0.5) is 0 Å². The fourth-order valence-corrected chi connectivity index (χ4v) is 4.42. The van der Waals surface area contributed by atoms with Crippen molar-refractivity contribution in [3.8, 4) is 28.5 Å². The van der Waals surface area contributed by atoms with Gasteiger partial charge in [0.15, 0.2) is 0 Å². The summed E-state index contributed by atoms with van der Waals surface area (Å²) in [5.41, 5.74) is 3.31. The SMILES string of the molecule is COc1ccc(OC)c(-c2csc(=NCc3ccccc3)n2N=Cc2cc(Br)ccc2O)c1. The van der Waals surface area contributed by atoms with Gasteiger partial charge in [0, 0.05) is 21.0 Å². The standard InChI is InChI=1S/C25H22BrN3O3S/c1-31-20-9-11-24(32-2)21(13-20)22-16-33-25(27-14-17-6-4-3-5-7-17)29(22)28-15-18-12-19(26)8-10-23(18)30/h3-13,15-16,30H,14H2,1-2H3. The summed E-state index contributed by atoms with van der Waals surface area (Å²) in [6.45, 7) is 0.522. The second-order valence-electron chi connectivity index (χ2n) is 7.03. The molecule has 0 bridgehead atoms. The maximum absolute atomic E-state index is 10.2. The van der Waals surface area contributed by atoms with Crippen LogP contribution in [0.25, 0.3) is 11.3 Å². The average Bonchev–Trinajstić information content (AvgIpc) is 3.26. The fraction of sp³-hybridized carbons (Fsp3) is 0.120. The molecule has 8 heteroatoms.